The van der Waals surface area contributed by atoms with E-state index in [1.165, 1.54) is 270 Å². The van der Waals surface area contributed by atoms with Crippen molar-refractivity contribution in [2.75, 3.05) is 47.5 Å². The molecular weight excluding hydrogens is 911 g/mol. The summed E-state index contributed by atoms with van der Waals surface area (Å²) in [5.74, 6) is -2.25. The molecule has 0 aliphatic rings. The van der Waals surface area contributed by atoms with Gasteiger partial charge in [-0.25, -0.2) is 0 Å². The maximum Gasteiger partial charge on any atom is 0.306 e. The van der Waals surface area contributed by atoms with Gasteiger partial charge in [0.15, 0.2) is 12.4 Å². The Bertz CT molecular complexity index is 1160. The molecule has 0 aromatic rings. The highest BCUT2D eigenvalue weighted by Gasteiger charge is 2.22. The van der Waals surface area contributed by atoms with Gasteiger partial charge in [0.1, 0.15) is 13.2 Å². The third-order valence-corrected chi connectivity index (χ3v) is 14.9. The summed E-state index contributed by atoms with van der Waals surface area (Å²) in [4.78, 5) is 37.4. The third kappa shape index (κ3) is 57.8. The first-order valence-electron chi connectivity index (χ1n) is 32.2. The Morgan fingerprint density at radius 2 is 0.616 bits per heavy atom. The smallest absolute Gasteiger partial charge is 0.306 e. The molecule has 9 nitrogen and oxygen atoms in total. The average Bonchev–Trinajstić information content (AvgIpc) is 3.36. The van der Waals surface area contributed by atoms with Crippen LogP contribution in [0.15, 0.2) is 0 Å². The van der Waals surface area contributed by atoms with Gasteiger partial charge in [-0.15, -0.1) is 0 Å². The lowest BCUT2D eigenvalue weighted by Crippen LogP contribution is -2.44. The van der Waals surface area contributed by atoms with Crippen molar-refractivity contribution in [2.45, 2.75) is 347 Å². The van der Waals surface area contributed by atoms with Gasteiger partial charge in [-0.05, 0) is 12.8 Å². The molecule has 0 N–H and O–H groups in total. The number of nitrogens with zero attached hydrogens (tertiary/aromatic N) is 1. The predicted molar refractivity (Wildman–Crippen MR) is 307 cm³/mol. The van der Waals surface area contributed by atoms with Crippen molar-refractivity contribution in [3.63, 3.8) is 0 Å². The van der Waals surface area contributed by atoms with Crippen LogP contribution in [-0.4, -0.2) is 82.3 Å². The second kappa shape index (κ2) is 56.5. The Morgan fingerprint density at radius 1 is 0.356 bits per heavy atom. The van der Waals surface area contributed by atoms with Crippen LogP contribution in [0.1, 0.15) is 335 Å². The molecule has 0 amide bonds. The van der Waals surface area contributed by atoms with Crippen molar-refractivity contribution in [1.82, 2.24) is 0 Å². The number of ether oxygens (including phenoxy) is 4. The number of carboxylic acid groups (broad SMARTS) is 1. The first kappa shape index (κ1) is 71.3. The summed E-state index contributed by atoms with van der Waals surface area (Å²) in [5.41, 5.74) is 0. The lowest BCUT2D eigenvalue weighted by atomic mass is 10.0. The minimum atomic E-state index is -1.61. The predicted octanol–water partition coefficient (Wildman–Crippen LogP) is 17.8. The molecule has 0 aromatic carbocycles. The van der Waals surface area contributed by atoms with E-state index in [1.54, 1.807) is 0 Å². The number of likely N-dealkylation sites (N-methyl/N-ethyl adjacent to an activating group) is 1. The van der Waals surface area contributed by atoms with Crippen LogP contribution in [-0.2, 0) is 33.3 Å². The van der Waals surface area contributed by atoms with E-state index < -0.39 is 24.3 Å². The van der Waals surface area contributed by atoms with E-state index in [2.05, 4.69) is 13.8 Å². The van der Waals surface area contributed by atoms with Gasteiger partial charge in [0.25, 0.3) is 0 Å². The van der Waals surface area contributed by atoms with Gasteiger partial charge in [-0.2, -0.15) is 0 Å². The minimum Gasteiger partial charge on any atom is -0.545 e. The summed E-state index contributed by atoms with van der Waals surface area (Å²) in [5, 5.41) is 11.8. The van der Waals surface area contributed by atoms with Crippen LogP contribution < -0.4 is 5.11 Å². The van der Waals surface area contributed by atoms with Crippen LogP contribution in [0.25, 0.3) is 0 Å². The molecule has 0 radical (unpaired) electrons. The Kier molecular flexibility index (Phi) is 55.2. The molecule has 2 unspecified atom stereocenters. The topological polar surface area (TPSA) is 111 Å². The molecule has 73 heavy (non-hydrogen) atoms. The fourth-order valence-corrected chi connectivity index (χ4v) is 9.89. The molecule has 9 heteroatoms. The maximum absolute atomic E-state index is 12.9. The van der Waals surface area contributed by atoms with E-state index in [9.17, 15) is 19.5 Å². The summed E-state index contributed by atoms with van der Waals surface area (Å²) in [6.45, 7) is 4.83. The summed E-state index contributed by atoms with van der Waals surface area (Å²) >= 11 is 0. The van der Waals surface area contributed by atoms with Gasteiger partial charge in [0.05, 0.1) is 40.3 Å². The molecule has 0 spiro atoms. The Hall–Kier alpha value is -1.71. The first-order chi connectivity index (χ1) is 35.6. The molecular formula is C64H125NO8. The van der Waals surface area contributed by atoms with Gasteiger partial charge in [0, 0.05) is 12.8 Å². The largest absolute Gasteiger partial charge is 0.545 e. The maximum atomic E-state index is 12.9. The lowest BCUT2D eigenvalue weighted by molar-refractivity contribution is -0.870. The minimum absolute atomic E-state index is 0.154. The zero-order chi connectivity index (χ0) is 53.4. The molecule has 0 aliphatic heterocycles. The molecule has 0 saturated carbocycles. The standard InChI is InChI=1S/C64H125NO8/c1-6-8-10-12-14-16-18-20-22-24-26-28-30-31-32-33-35-37-39-41-43-45-47-49-51-53-55-62(67)73-60(59-72-64(63(68)69)70-57-56-65(3,4)5)58-71-61(66)54-52-50-48-46-44-42-40-38-36-34-29-27-25-23-21-19-17-15-13-11-9-7-2/h60,64H,6-59H2,1-5H3. The van der Waals surface area contributed by atoms with Crippen molar-refractivity contribution in [1.29, 1.82) is 0 Å². The first-order valence-corrected chi connectivity index (χ1v) is 32.2. The molecule has 434 valence electrons. The highest BCUT2D eigenvalue weighted by Crippen LogP contribution is 2.19. The van der Waals surface area contributed by atoms with E-state index in [-0.39, 0.29) is 32.2 Å². The summed E-state index contributed by atoms with van der Waals surface area (Å²) < 4.78 is 22.8. The fourth-order valence-electron chi connectivity index (χ4n) is 9.89. The monoisotopic (exact) mass is 1040 g/mol. The fraction of sp³-hybridized carbons (Fsp3) is 0.953. The zero-order valence-electron chi connectivity index (χ0n) is 49.6. The van der Waals surface area contributed by atoms with Crippen molar-refractivity contribution in [2.24, 2.45) is 0 Å². The number of aliphatic carboxylic acids is 1. The second-order valence-corrected chi connectivity index (χ2v) is 23.4. The Morgan fingerprint density at radius 3 is 0.877 bits per heavy atom. The molecule has 0 aromatic heterocycles. The van der Waals surface area contributed by atoms with Crippen LogP contribution in [0.4, 0.5) is 0 Å². The van der Waals surface area contributed by atoms with E-state index >= 15 is 0 Å². The number of hydrogen-bond donors (Lipinski definition) is 0. The molecule has 0 heterocycles. The third-order valence-electron chi connectivity index (χ3n) is 14.9. The highest BCUT2D eigenvalue weighted by molar-refractivity contribution is 5.70. The van der Waals surface area contributed by atoms with Crippen LogP contribution in [0.3, 0.4) is 0 Å². The van der Waals surface area contributed by atoms with Crippen molar-refractivity contribution < 1.29 is 42.9 Å². The van der Waals surface area contributed by atoms with E-state index in [0.29, 0.717) is 17.4 Å². The number of hydrogen-bond acceptors (Lipinski definition) is 8. The van der Waals surface area contributed by atoms with Crippen LogP contribution in [0, 0.1) is 0 Å². The van der Waals surface area contributed by atoms with Gasteiger partial charge in [-0.1, -0.05) is 309 Å². The van der Waals surface area contributed by atoms with Crippen molar-refractivity contribution in [3.8, 4) is 0 Å². The van der Waals surface area contributed by atoms with Gasteiger partial charge in [0.2, 0.25) is 0 Å². The number of unbranched alkanes of at least 4 members (excludes halogenated alkanes) is 46. The zero-order valence-corrected chi connectivity index (χ0v) is 49.6. The summed E-state index contributed by atoms with van der Waals surface area (Å²) in [6.07, 6.45) is 61.7. The molecule has 0 aliphatic carbocycles. The number of esters is 2. The van der Waals surface area contributed by atoms with Gasteiger partial charge >= 0.3 is 11.9 Å². The SMILES string of the molecule is CCCCCCCCCCCCCCCCCCCCCCCCCCCCC(=O)OC(COC(=O)CCCCCCCCCCCCCCCCCCCCCCCC)COC(OCC[N+](C)(C)C)C(=O)[O-]. The molecule has 0 saturated heterocycles. The Balaban J connectivity index is 4.11. The normalized spacial score (nSPS) is 12.6. The van der Waals surface area contributed by atoms with Crippen LogP contribution in [0.2, 0.25) is 0 Å². The number of carbonyl (C=O) groups excluding carboxylic acids is 3. The van der Waals surface area contributed by atoms with Gasteiger partial charge < -0.3 is 33.3 Å². The number of quaternary nitrogens is 1. The van der Waals surface area contributed by atoms with Crippen LogP contribution >= 0.6 is 0 Å². The molecule has 0 rings (SSSR count). The molecule has 0 bridgehead atoms. The second-order valence-electron chi connectivity index (χ2n) is 23.4. The van der Waals surface area contributed by atoms with Crippen LogP contribution in [0.5, 0.6) is 0 Å². The summed E-state index contributed by atoms with van der Waals surface area (Å²) in [6, 6.07) is 0. The Labute approximate surface area is 453 Å². The highest BCUT2D eigenvalue weighted by atomic mass is 16.7. The van der Waals surface area contributed by atoms with Gasteiger partial charge in [-0.3, -0.25) is 9.59 Å². The summed E-state index contributed by atoms with van der Waals surface area (Å²) in [7, 11) is 5.94. The molecule has 2 atom stereocenters. The number of carboxylic acids is 1. The average molecular weight is 1040 g/mol. The van der Waals surface area contributed by atoms with Crippen molar-refractivity contribution >= 4 is 17.9 Å². The van der Waals surface area contributed by atoms with E-state index in [4.69, 9.17) is 18.9 Å². The number of rotatable bonds is 61. The van der Waals surface area contributed by atoms with E-state index in [1.807, 2.05) is 21.1 Å². The lowest BCUT2D eigenvalue weighted by Gasteiger charge is -2.26. The molecule has 0 fully saturated rings. The quantitative estimate of drug-likeness (QED) is 0.0256. The van der Waals surface area contributed by atoms with Crippen molar-refractivity contribution in [3.05, 3.63) is 0 Å². The number of carbonyl (C=O) groups is 3. The van der Waals surface area contributed by atoms with E-state index in [0.717, 1.165) is 38.5 Å².